The normalized spacial score (nSPS) is 20.8. The summed E-state index contributed by atoms with van der Waals surface area (Å²) >= 11 is 0. The molecule has 2 fully saturated rings. The Morgan fingerprint density at radius 3 is 2.61 bits per heavy atom. The standard InChI is InChI=1S/C30H35N5O3/c1-5-35-29(36)34-19-22-16-23(37-3)17-25(38-4)27(22)20(2)15-26(34)30(35)9-13-33(14-10-30)18-21-7-6-8-24-28(21)32-12-11-31-24/h6-8,11-12,15-17,20H,5,9-10,13-14,18-19H2,1-4H3/t20-/m1/s1. The van der Waals surface area contributed by atoms with Crippen LogP contribution in [0, 0.1) is 0 Å². The number of rotatable bonds is 5. The Hall–Kier alpha value is -3.65. The van der Waals surface area contributed by atoms with Crippen LogP contribution in [0.25, 0.3) is 11.0 Å². The summed E-state index contributed by atoms with van der Waals surface area (Å²) in [5, 5.41) is 0. The smallest absolute Gasteiger partial charge is 0.325 e. The Labute approximate surface area is 223 Å². The lowest BCUT2D eigenvalue weighted by Crippen LogP contribution is -2.53. The van der Waals surface area contributed by atoms with E-state index in [1.165, 1.54) is 5.56 Å². The summed E-state index contributed by atoms with van der Waals surface area (Å²) in [6.45, 7) is 8.15. The van der Waals surface area contributed by atoms with E-state index in [1.54, 1.807) is 26.6 Å². The van der Waals surface area contributed by atoms with Gasteiger partial charge in [-0.1, -0.05) is 25.1 Å². The molecule has 4 heterocycles. The van der Waals surface area contributed by atoms with Crippen LogP contribution < -0.4 is 9.47 Å². The second kappa shape index (κ2) is 9.58. The van der Waals surface area contributed by atoms with Gasteiger partial charge in [-0.3, -0.25) is 19.8 Å². The Morgan fingerprint density at radius 1 is 1.08 bits per heavy atom. The number of methoxy groups -OCH3 is 2. The number of likely N-dealkylation sites (tertiary alicyclic amines) is 1. The number of benzene rings is 2. The molecule has 1 atom stereocenters. The molecule has 6 rings (SSSR count). The van der Waals surface area contributed by atoms with Gasteiger partial charge in [-0.2, -0.15) is 0 Å². The van der Waals surface area contributed by atoms with Crippen molar-refractivity contribution in [2.24, 2.45) is 0 Å². The topological polar surface area (TPSA) is 71.0 Å². The third kappa shape index (κ3) is 3.81. The zero-order chi connectivity index (χ0) is 26.4. The summed E-state index contributed by atoms with van der Waals surface area (Å²) in [4.78, 5) is 29.5. The lowest BCUT2D eigenvalue weighted by Gasteiger charge is -2.44. The van der Waals surface area contributed by atoms with E-state index in [1.807, 2.05) is 17.0 Å². The number of amides is 2. The molecule has 3 aliphatic rings. The number of piperidine rings is 1. The SMILES string of the molecule is CCN1C(=O)N2Cc3cc(OC)cc(OC)c3[C@H](C)C=C2C12CCN(Cc1cccc3nccnc13)CC2. The number of ether oxygens (including phenoxy) is 2. The Bertz CT molecular complexity index is 1410. The van der Waals surface area contributed by atoms with Crippen LogP contribution in [0.5, 0.6) is 11.5 Å². The molecule has 1 aromatic heterocycles. The predicted molar refractivity (Wildman–Crippen MR) is 146 cm³/mol. The first-order valence-corrected chi connectivity index (χ1v) is 13.5. The van der Waals surface area contributed by atoms with E-state index in [-0.39, 0.29) is 17.5 Å². The largest absolute Gasteiger partial charge is 0.497 e. The van der Waals surface area contributed by atoms with Gasteiger partial charge in [0.1, 0.15) is 11.5 Å². The maximum absolute atomic E-state index is 13.9. The van der Waals surface area contributed by atoms with E-state index >= 15 is 0 Å². The third-order valence-corrected chi connectivity index (χ3v) is 8.57. The molecule has 0 N–H and O–H groups in total. The molecule has 0 radical (unpaired) electrons. The molecule has 2 aromatic carbocycles. The van der Waals surface area contributed by atoms with Gasteiger partial charge >= 0.3 is 6.03 Å². The average Bonchev–Trinajstić information content (AvgIpc) is 3.04. The highest BCUT2D eigenvalue weighted by molar-refractivity contribution is 5.83. The molecule has 3 aromatic rings. The summed E-state index contributed by atoms with van der Waals surface area (Å²) in [6.07, 6.45) is 7.61. The van der Waals surface area contributed by atoms with Crippen LogP contribution in [0.15, 0.2) is 54.5 Å². The van der Waals surface area contributed by atoms with Gasteiger partial charge in [0.2, 0.25) is 0 Å². The van der Waals surface area contributed by atoms with Crippen LogP contribution in [0.4, 0.5) is 4.79 Å². The van der Waals surface area contributed by atoms with Crippen molar-refractivity contribution in [3.8, 4) is 11.5 Å². The van der Waals surface area contributed by atoms with Crippen LogP contribution in [0.1, 0.15) is 49.3 Å². The fourth-order valence-electron chi connectivity index (χ4n) is 6.77. The number of carbonyl (C=O) groups is 1. The summed E-state index contributed by atoms with van der Waals surface area (Å²) in [5.41, 5.74) is 6.15. The van der Waals surface area contributed by atoms with Gasteiger partial charge in [-0.05, 0) is 43.0 Å². The Balaban J connectivity index is 1.31. The number of allylic oxidation sites excluding steroid dienone is 1. The van der Waals surface area contributed by atoms with E-state index in [0.29, 0.717) is 13.1 Å². The van der Waals surface area contributed by atoms with E-state index in [0.717, 1.165) is 71.8 Å². The van der Waals surface area contributed by atoms with Crippen molar-refractivity contribution < 1.29 is 14.3 Å². The minimum atomic E-state index is -0.297. The fraction of sp³-hybridized carbons (Fsp3) is 0.433. The van der Waals surface area contributed by atoms with Crippen LogP contribution >= 0.6 is 0 Å². The number of nitrogens with zero attached hydrogens (tertiary/aromatic N) is 5. The quantitative estimate of drug-likeness (QED) is 0.481. The zero-order valence-electron chi connectivity index (χ0n) is 22.6. The lowest BCUT2D eigenvalue weighted by molar-refractivity contribution is 0.0890. The van der Waals surface area contributed by atoms with E-state index < -0.39 is 0 Å². The first-order valence-electron chi connectivity index (χ1n) is 13.5. The van der Waals surface area contributed by atoms with E-state index in [2.05, 4.69) is 57.9 Å². The molecule has 38 heavy (non-hydrogen) atoms. The second-order valence-electron chi connectivity index (χ2n) is 10.5. The van der Waals surface area contributed by atoms with Crippen molar-refractivity contribution in [3.63, 3.8) is 0 Å². The molecule has 0 aliphatic carbocycles. The van der Waals surface area contributed by atoms with E-state index in [4.69, 9.17) is 9.47 Å². The van der Waals surface area contributed by atoms with Crippen molar-refractivity contribution in [1.82, 2.24) is 24.7 Å². The number of para-hydroxylation sites is 1. The fourth-order valence-corrected chi connectivity index (χ4v) is 6.77. The first-order chi connectivity index (χ1) is 18.5. The van der Waals surface area contributed by atoms with Crippen molar-refractivity contribution in [3.05, 3.63) is 71.2 Å². The van der Waals surface area contributed by atoms with Crippen molar-refractivity contribution in [2.45, 2.75) is 51.2 Å². The van der Waals surface area contributed by atoms with Crippen LogP contribution in [0.2, 0.25) is 0 Å². The minimum absolute atomic E-state index is 0.0957. The van der Waals surface area contributed by atoms with Gasteiger partial charge in [0.05, 0.1) is 37.3 Å². The zero-order valence-corrected chi connectivity index (χ0v) is 22.6. The molecule has 0 unspecified atom stereocenters. The van der Waals surface area contributed by atoms with Crippen molar-refractivity contribution in [1.29, 1.82) is 0 Å². The molecule has 2 saturated heterocycles. The summed E-state index contributed by atoms with van der Waals surface area (Å²) in [7, 11) is 3.36. The molecule has 1 spiro atoms. The average molecular weight is 514 g/mol. The summed E-state index contributed by atoms with van der Waals surface area (Å²) in [6, 6.07) is 10.3. The Kier molecular flexibility index (Phi) is 6.22. The van der Waals surface area contributed by atoms with Gasteiger partial charge in [-0.15, -0.1) is 0 Å². The van der Waals surface area contributed by atoms with Crippen molar-refractivity contribution >= 4 is 17.1 Å². The molecule has 3 aliphatic heterocycles. The molecule has 2 amide bonds. The lowest BCUT2D eigenvalue weighted by atomic mass is 9.82. The highest BCUT2D eigenvalue weighted by Gasteiger charge is 2.54. The number of likely N-dealkylation sites (N-methyl/N-ethyl adjacent to an activating group) is 1. The number of hydrogen-bond donors (Lipinski definition) is 0. The molecule has 0 bridgehead atoms. The maximum Gasteiger partial charge on any atom is 0.325 e. The molecule has 0 saturated carbocycles. The van der Waals surface area contributed by atoms with Gasteiger partial charge in [0, 0.05) is 61.8 Å². The molecule has 198 valence electrons. The van der Waals surface area contributed by atoms with Crippen molar-refractivity contribution in [2.75, 3.05) is 33.9 Å². The molecular weight excluding hydrogens is 478 g/mol. The first kappa shape index (κ1) is 24.7. The highest BCUT2D eigenvalue weighted by Crippen LogP contribution is 2.49. The third-order valence-electron chi connectivity index (χ3n) is 8.57. The number of fused-ring (bicyclic) bond motifs is 4. The molecule has 8 heteroatoms. The van der Waals surface area contributed by atoms with E-state index in [9.17, 15) is 4.79 Å². The number of carbonyl (C=O) groups excluding carboxylic acids is 1. The van der Waals surface area contributed by atoms with Gasteiger partial charge in [0.25, 0.3) is 0 Å². The maximum atomic E-state index is 13.9. The second-order valence-corrected chi connectivity index (χ2v) is 10.5. The summed E-state index contributed by atoms with van der Waals surface area (Å²) in [5.74, 6) is 1.67. The van der Waals surface area contributed by atoms with Crippen LogP contribution in [-0.4, -0.2) is 70.1 Å². The number of hydrogen-bond acceptors (Lipinski definition) is 6. The highest BCUT2D eigenvalue weighted by atomic mass is 16.5. The number of urea groups is 1. The van der Waals surface area contributed by atoms with Crippen LogP contribution in [0.3, 0.4) is 0 Å². The van der Waals surface area contributed by atoms with Crippen LogP contribution in [-0.2, 0) is 13.1 Å². The monoisotopic (exact) mass is 513 g/mol. The minimum Gasteiger partial charge on any atom is -0.497 e. The predicted octanol–water partition coefficient (Wildman–Crippen LogP) is 4.94. The molecule has 8 nitrogen and oxygen atoms in total. The number of aromatic nitrogens is 2. The van der Waals surface area contributed by atoms with Gasteiger partial charge in [-0.25, -0.2) is 4.79 Å². The molecular formula is C30H35N5O3. The van der Waals surface area contributed by atoms with Gasteiger partial charge in [0.15, 0.2) is 0 Å². The Morgan fingerprint density at radius 2 is 1.87 bits per heavy atom. The summed E-state index contributed by atoms with van der Waals surface area (Å²) < 4.78 is 11.3. The van der Waals surface area contributed by atoms with Gasteiger partial charge < -0.3 is 14.4 Å².